The van der Waals surface area contributed by atoms with Gasteiger partial charge in [-0.2, -0.15) is 0 Å². The SMILES string of the molecule is CCNC(=O)Nc1nc2cc(-c3ccc(N[C@@H](CC)CO)nc3)cc(-c3ncccn3)c2[nH]1. The van der Waals surface area contributed by atoms with E-state index in [1.807, 2.05) is 38.1 Å². The Morgan fingerprint density at radius 3 is 2.61 bits per heavy atom. The van der Waals surface area contributed by atoms with Gasteiger partial charge in [-0.1, -0.05) is 6.92 Å². The number of carbonyl (C=O) groups excluding carboxylic acids is 1. The highest BCUT2D eigenvalue weighted by Crippen LogP contribution is 2.32. The smallest absolute Gasteiger partial charge is 0.321 e. The van der Waals surface area contributed by atoms with Crippen LogP contribution in [-0.2, 0) is 0 Å². The number of aromatic amines is 1. The maximum atomic E-state index is 11.9. The van der Waals surface area contributed by atoms with Gasteiger partial charge in [-0.3, -0.25) is 5.32 Å². The van der Waals surface area contributed by atoms with E-state index in [2.05, 4.69) is 40.9 Å². The Morgan fingerprint density at radius 1 is 1.12 bits per heavy atom. The number of imidazole rings is 1. The summed E-state index contributed by atoms with van der Waals surface area (Å²) in [5.41, 5.74) is 3.91. The van der Waals surface area contributed by atoms with Gasteiger partial charge in [-0.05, 0) is 49.2 Å². The van der Waals surface area contributed by atoms with Crippen LogP contribution in [0.5, 0.6) is 0 Å². The van der Waals surface area contributed by atoms with Crippen LogP contribution in [0.4, 0.5) is 16.6 Å². The number of benzene rings is 1. The number of amides is 2. The van der Waals surface area contributed by atoms with Crippen LogP contribution in [0.3, 0.4) is 0 Å². The van der Waals surface area contributed by atoms with Crippen molar-refractivity contribution in [2.24, 2.45) is 0 Å². The fourth-order valence-electron chi connectivity index (χ4n) is 3.40. The predicted octanol–water partition coefficient (Wildman–Crippen LogP) is 3.41. The average molecular weight is 447 g/mol. The molecule has 0 aliphatic carbocycles. The van der Waals surface area contributed by atoms with E-state index >= 15 is 0 Å². The summed E-state index contributed by atoms with van der Waals surface area (Å²) in [6, 6.07) is 9.11. The van der Waals surface area contributed by atoms with E-state index in [1.54, 1.807) is 24.7 Å². The molecular weight excluding hydrogens is 420 g/mol. The van der Waals surface area contributed by atoms with Crippen LogP contribution in [-0.4, -0.2) is 55.3 Å². The van der Waals surface area contributed by atoms with E-state index in [4.69, 9.17) is 0 Å². The van der Waals surface area contributed by atoms with Crippen LogP contribution in [0.1, 0.15) is 20.3 Å². The Morgan fingerprint density at radius 2 is 1.94 bits per heavy atom. The molecule has 33 heavy (non-hydrogen) atoms. The number of pyridine rings is 1. The standard InChI is InChI=1S/C23H26N8O2/c1-3-16(13-32)28-19-7-6-14(12-27-19)15-10-17(21-25-8-5-9-26-21)20-18(11-15)29-22(30-20)31-23(33)24-4-2/h5-12,16,32H,3-4,13H2,1-2H3,(H,27,28)(H3,24,29,30,31,33)/t16-/m0/s1. The van der Waals surface area contributed by atoms with Gasteiger partial charge < -0.3 is 20.7 Å². The molecule has 0 spiro atoms. The molecule has 2 amide bonds. The van der Waals surface area contributed by atoms with Crippen molar-refractivity contribution in [3.8, 4) is 22.5 Å². The zero-order valence-corrected chi connectivity index (χ0v) is 18.5. The zero-order chi connectivity index (χ0) is 23.2. The van der Waals surface area contributed by atoms with E-state index in [0.29, 0.717) is 29.7 Å². The number of hydrogen-bond acceptors (Lipinski definition) is 7. The van der Waals surface area contributed by atoms with Crippen LogP contribution < -0.4 is 16.0 Å². The predicted molar refractivity (Wildman–Crippen MR) is 128 cm³/mol. The molecule has 0 unspecified atom stereocenters. The Kier molecular flexibility index (Phi) is 6.75. The molecule has 5 N–H and O–H groups in total. The largest absolute Gasteiger partial charge is 0.394 e. The van der Waals surface area contributed by atoms with E-state index in [9.17, 15) is 9.90 Å². The van der Waals surface area contributed by atoms with Crippen molar-refractivity contribution in [3.63, 3.8) is 0 Å². The van der Waals surface area contributed by atoms with Crippen LogP contribution >= 0.6 is 0 Å². The summed E-state index contributed by atoms with van der Waals surface area (Å²) >= 11 is 0. The van der Waals surface area contributed by atoms with Gasteiger partial charge >= 0.3 is 6.03 Å². The number of aliphatic hydroxyl groups is 1. The molecule has 3 heterocycles. The summed E-state index contributed by atoms with van der Waals surface area (Å²) in [5, 5.41) is 18.0. The summed E-state index contributed by atoms with van der Waals surface area (Å²) in [7, 11) is 0. The lowest BCUT2D eigenvalue weighted by atomic mass is 10.0. The van der Waals surface area contributed by atoms with Crippen molar-refractivity contribution < 1.29 is 9.90 Å². The maximum absolute atomic E-state index is 11.9. The van der Waals surface area contributed by atoms with Crippen molar-refractivity contribution in [2.45, 2.75) is 26.3 Å². The van der Waals surface area contributed by atoms with Gasteiger partial charge in [-0.15, -0.1) is 0 Å². The van der Waals surface area contributed by atoms with Gasteiger partial charge in [0.2, 0.25) is 5.95 Å². The molecular formula is C23H26N8O2. The molecule has 4 rings (SSSR count). The van der Waals surface area contributed by atoms with Crippen molar-refractivity contribution in [2.75, 3.05) is 23.8 Å². The molecule has 1 atom stereocenters. The minimum Gasteiger partial charge on any atom is -0.394 e. The van der Waals surface area contributed by atoms with Crippen molar-refractivity contribution in [1.82, 2.24) is 30.2 Å². The molecule has 10 heteroatoms. The summed E-state index contributed by atoms with van der Waals surface area (Å²) in [4.78, 5) is 32.9. The monoisotopic (exact) mass is 446 g/mol. The minimum absolute atomic E-state index is 0.0404. The van der Waals surface area contributed by atoms with Gasteiger partial charge in [-0.25, -0.2) is 24.7 Å². The normalized spacial score (nSPS) is 11.8. The van der Waals surface area contributed by atoms with Crippen LogP contribution in [0.2, 0.25) is 0 Å². The Balaban J connectivity index is 1.73. The third-order valence-corrected chi connectivity index (χ3v) is 5.13. The first-order valence-electron chi connectivity index (χ1n) is 10.8. The molecule has 1 aromatic carbocycles. The Bertz CT molecular complexity index is 1220. The van der Waals surface area contributed by atoms with E-state index < -0.39 is 0 Å². The second kappa shape index (κ2) is 10.0. The fraction of sp³-hybridized carbons (Fsp3) is 0.261. The third kappa shape index (κ3) is 5.07. The molecule has 0 radical (unpaired) electrons. The average Bonchev–Trinajstić information content (AvgIpc) is 3.25. The number of anilines is 2. The van der Waals surface area contributed by atoms with Crippen molar-refractivity contribution in [3.05, 3.63) is 48.9 Å². The number of aliphatic hydroxyl groups excluding tert-OH is 1. The molecule has 3 aromatic heterocycles. The van der Waals surface area contributed by atoms with E-state index in [1.165, 1.54) is 0 Å². The van der Waals surface area contributed by atoms with Gasteiger partial charge in [0.05, 0.1) is 23.7 Å². The van der Waals surface area contributed by atoms with Crippen LogP contribution in [0.25, 0.3) is 33.5 Å². The summed E-state index contributed by atoms with van der Waals surface area (Å²) < 4.78 is 0. The fourth-order valence-corrected chi connectivity index (χ4v) is 3.40. The highest BCUT2D eigenvalue weighted by atomic mass is 16.3. The summed E-state index contributed by atoms with van der Waals surface area (Å²) in [6.07, 6.45) is 5.92. The second-order valence-electron chi connectivity index (χ2n) is 7.42. The lowest BCUT2D eigenvalue weighted by Gasteiger charge is -2.14. The Hall–Kier alpha value is -4.05. The van der Waals surface area contributed by atoms with Crippen molar-refractivity contribution in [1.29, 1.82) is 0 Å². The maximum Gasteiger partial charge on any atom is 0.321 e. The van der Waals surface area contributed by atoms with E-state index in [-0.39, 0.29) is 18.7 Å². The summed E-state index contributed by atoms with van der Waals surface area (Å²) in [5.74, 6) is 1.57. The highest BCUT2D eigenvalue weighted by molar-refractivity contribution is 5.97. The van der Waals surface area contributed by atoms with Gasteiger partial charge in [0.1, 0.15) is 5.82 Å². The number of nitrogens with zero attached hydrogens (tertiary/aromatic N) is 4. The first-order valence-corrected chi connectivity index (χ1v) is 10.8. The first kappa shape index (κ1) is 22.2. The number of hydrogen-bond donors (Lipinski definition) is 5. The van der Waals surface area contributed by atoms with Gasteiger partial charge in [0.25, 0.3) is 0 Å². The molecule has 10 nitrogen and oxygen atoms in total. The highest BCUT2D eigenvalue weighted by Gasteiger charge is 2.15. The molecule has 0 saturated heterocycles. The molecule has 0 aliphatic rings. The third-order valence-electron chi connectivity index (χ3n) is 5.13. The lowest BCUT2D eigenvalue weighted by molar-refractivity contribution is 0.252. The number of aromatic nitrogens is 5. The quantitative estimate of drug-likeness (QED) is 0.279. The van der Waals surface area contributed by atoms with Crippen molar-refractivity contribution >= 4 is 28.8 Å². The Labute approximate surface area is 190 Å². The molecule has 0 saturated carbocycles. The minimum atomic E-state index is -0.338. The molecule has 4 aromatic rings. The van der Waals surface area contributed by atoms with Gasteiger partial charge in [0.15, 0.2) is 5.82 Å². The number of urea groups is 1. The molecule has 0 bridgehead atoms. The second-order valence-corrected chi connectivity index (χ2v) is 7.42. The van der Waals surface area contributed by atoms with E-state index in [0.717, 1.165) is 28.6 Å². The molecule has 170 valence electrons. The lowest BCUT2D eigenvalue weighted by Crippen LogP contribution is -2.28. The van der Waals surface area contributed by atoms with Crippen LogP contribution in [0, 0.1) is 0 Å². The molecule has 0 aliphatic heterocycles. The number of carbonyl (C=O) groups is 1. The number of rotatable bonds is 8. The number of nitrogens with one attached hydrogen (secondary N) is 4. The first-order chi connectivity index (χ1) is 16.1. The summed E-state index contributed by atoms with van der Waals surface area (Å²) in [6.45, 7) is 4.40. The van der Waals surface area contributed by atoms with Crippen LogP contribution in [0.15, 0.2) is 48.9 Å². The topological polar surface area (TPSA) is 141 Å². The number of fused-ring (bicyclic) bond motifs is 1. The van der Waals surface area contributed by atoms with Gasteiger partial charge in [0, 0.05) is 36.3 Å². The zero-order valence-electron chi connectivity index (χ0n) is 18.5. The molecule has 0 fully saturated rings. The number of H-pyrrole nitrogens is 1.